The van der Waals surface area contributed by atoms with Gasteiger partial charge < -0.3 is 4.74 Å². The topological polar surface area (TPSA) is 69.4 Å². The fraction of sp³-hybridized carbons (Fsp3) is 0.533. The Kier molecular flexibility index (Phi) is 6.70. The summed E-state index contributed by atoms with van der Waals surface area (Å²) < 4.78 is 5.23. The first kappa shape index (κ1) is 16.1. The van der Waals surface area contributed by atoms with Crippen LogP contribution in [-0.2, 0) is 4.74 Å². The molecule has 5 nitrogen and oxygen atoms in total. The van der Waals surface area contributed by atoms with Crippen molar-refractivity contribution in [2.45, 2.75) is 39.5 Å². The summed E-state index contributed by atoms with van der Waals surface area (Å²) in [5.41, 5.74) is -0.193. The van der Waals surface area contributed by atoms with Crippen molar-refractivity contribution in [2.75, 3.05) is 6.61 Å². The number of benzene rings is 1. The second-order valence-electron chi connectivity index (χ2n) is 4.79. The Labute approximate surface area is 119 Å². The maximum atomic E-state index is 11.9. The highest BCUT2D eigenvalue weighted by atomic mass is 16.6. The van der Waals surface area contributed by atoms with Gasteiger partial charge in [-0.1, -0.05) is 45.2 Å². The number of hydrogen-bond donors (Lipinski definition) is 0. The lowest BCUT2D eigenvalue weighted by Gasteiger charge is -2.14. The molecule has 5 heteroatoms. The number of rotatable bonds is 8. The molecule has 1 unspecified atom stereocenters. The molecule has 0 radical (unpaired) electrons. The largest absolute Gasteiger partial charge is 0.462 e. The first-order valence-electron chi connectivity index (χ1n) is 7.00. The Bertz CT molecular complexity index is 459. The van der Waals surface area contributed by atoms with Crippen LogP contribution in [0.3, 0.4) is 0 Å². The third-order valence-electron chi connectivity index (χ3n) is 3.31. The van der Waals surface area contributed by atoms with Crippen molar-refractivity contribution in [1.29, 1.82) is 0 Å². The zero-order chi connectivity index (χ0) is 15.0. The fourth-order valence-corrected chi connectivity index (χ4v) is 1.97. The summed E-state index contributed by atoms with van der Waals surface area (Å²) in [7, 11) is 0. The number of ether oxygens (including phenoxy) is 1. The van der Waals surface area contributed by atoms with Gasteiger partial charge in [-0.15, -0.1) is 0 Å². The molecule has 0 saturated heterocycles. The van der Waals surface area contributed by atoms with E-state index in [9.17, 15) is 14.9 Å². The van der Waals surface area contributed by atoms with E-state index in [1.807, 2.05) is 0 Å². The van der Waals surface area contributed by atoms with E-state index in [4.69, 9.17) is 4.74 Å². The lowest BCUT2D eigenvalue weighted by atomic mass is 10.0. The Morgan fingerprint density at radius 3 is 2.65 bits per heavy atom. The monoisotopic (exact) mass is 279 g/mol. The third-order valence-corrected chi connectivity index (χ3v) is 3.31. The number of nitro groups is 1. The molecule has 0 heterocycles. The van der Waals surface area contributed by atoms with Crippen LogP contribution in [0.2, 0.25) is 0 Å². The van der Waals surface area contributed by atoms with E-state index in [1.165, 1.54) is 18.2 Å². The van der Waals surface area contributed by atoms with Crippen LogP contribution < -0.4 is 0 Å². The minimum atomic E-state index is -0.618. The van der Waals surface area contributed by atoms with Crippen LogP contribution in [0.25, 0.3) is 0 Å². The van der Waals surface area contributed by atoms with Gasteiger partial charge in [0.05, 0.1) is 11.5 Å². The Hall–Kier alpha value is -1.91. The molecule has 1 rings (SSSR count). The highest BCUT2D eigenvalue weighted by Crippen LogP contribution is 2.20. The summed E-state index contributed by atoms with van der Waals surface area (Å²) in [4.78, 5) is 22.2. The molecule has 1 atom stereocenters. The highest BCUT2D eigenvalue weighted by Gasteiger charge is 2.21. The van der Waals surface area contributed by atoms with Gasteiger partial charge in [-0.2, -0.15) is 0 Å². The van der Waals surface area contributed by atoms with E-state index >= 15 is 0 Å². The van der Waals surface area contributed by atoms with Crippen molar-refractivity contribution in [3.05, 3.63) is 39.9 Å². The molecule has 1 aromatic carbocycles. The van der Waals surface area contributed by atoms with Gasteiger partial charge in [0.2, 0.25) is 0 Å². The molecular formula is C15H21NO4. The van der Waals surface area contributed by atoms with Crippen molar-refractivity contribution in [3.8, 4) is 0 Å². The van der Waals surface area contributed by atoms with Crippen molar-refractivity contribution in [2.24, 2.45) is 5.92 Å². The summed E-state index contributed by atoms with van der Waals surface area (Å²) in [5.74, 6) is -0.297. The Morgan fingerprint density at radius 2 is 2.05 bits per heavy atom. The average Bonchev–Trinajstić information content (AvgIpc) is 2.47. The van der Waals surface area contributed by atoms with Crippen LogP contribution in [0.5, 0.6) is 0 Å². The van der Waals surface area contributed by atoms with Crippen LogP contribution in [0.15, 0.2) is 24.3 Å². The lowest BCUT2D eigenvalue weighted by molar-refractivity contribution is -0.385. The number of esters is 1. The number of hydrogen-bond acceptors (Lipinski definition) is 4. The molecule has 110 valence electrons. The quantitative estimate of drug-likeness (QED) is 0.410. The maximum Gasteiger partial charge on any atom is 0.345 e. The molecule has 0 N–H and O–H groups in total. The van der Waals surface area contributed by atoms with Crippen LogP contribution >= 0.6 is 0 Å². The Morgan fingerprint density at radius 1 is 1.35 bits per heavy atom. The summed E-state index contributed by atoms with van der Waals surface area (Å²) in [6, 6.07) is 5.86. The minimum absolute atomic E-state index is 0.0165. The van der Waals surface area contributed by atoms with Gasteiger partial charge >= 0.3 is 5.97 Å². The maximum absolute atomic E-state index is 11.9. The number of nitro benzene ring substituents is 1. The van der Waals surface area contributed by atoms with Gasteiger partial charge in [0, 0.05) is 6.07 Å². The summed E-state index contributed by atoms with van der Waals surface area (Å²) in [6.07, 6.45) is 4.15. The fourth-order valence-electron chi connectivity index (χ4n) is 1.97. The summed E-state index contributed by atoms with van der Waals surface area (Å²) in [6.45, 7) is 4.49. The summed E-state index contributed by atoms with van der Waals surface area (Å²) >= 11 is 0. The van der Waals surface area contributed by atoms with Gasteiger partial charge in [-0.05, 0) is 18.4 Å². The lowest BCUT2D eigenvalue weighted by Crippen LogP contribution is -2.15. The van der Waals surface area contributed by atoms with Gasteiger partial charge in [-0.3, -0.25) is 10.1 Å². The van der Waals surface area contributed by atoms with E-state index in [2.05, 4.69) is 13.8 Å². The molecule has 0 bridgehead atoms. The molecule has 0 aliphatic heterocycles. The normalized spacial score (nSPS) is 11.9. The zero-order valence-electron chi connectivity index (χ0n) is 12.0. The van der Waals surface area contributed by atoms with Crippen molar-refractivity contribution < 1.29 is 14.5 Å². The predicted octanol–water partition coefficient (Wildman–Crippen LogP) is 3.97. The van der Waals surface area contributed by atoms with E-state index in [0.29, 0.717) is 12.5 Å². The molecule has 0 spiro atoms. The molecule has 0 aromatic heterocycles. The van der Waals surface area contributed by atoms with Crippen LogP contribution in [0.1, 0.15) is 49.9 Å². The number of carbonyl (C=O) groups excluding carboxylic acids is 1. The first-order chi connectivity index (χ1) is 9.60. The standard InChI is InChI=1S/C15H21NO4/c1-3-5-8-12(4-2)11-20-15(17)13-9-6-7-10-14(13)16(18)19/h6-7,9-10,12H,3-5,8,11H2,1-2H3. The molecule has 0 saturated carbocycles. The number of nitrogens with zero attached hydrogens (tertiary/aromatic N) is 1. The van der Waals surface area contributed by atoms with E-state index in [-0.39, 0.29) is 11.3 Å². The first-order valence-corrected chi connectivity index (χ1v) is 7.00. The van der Waals surface area contributed by atoms with Gasteiger partial charge in [0.15, 0.2) is 0 Å². The van der Waals surface area contributed by atoms with Crippen LogP contribution in [0.4, 0.5) is 5.69 Å². The SMILES string of the molecule is CCCCC(CC)COC(=O)c1ccccc1[N+](=O)[O-]. The second-order valence-corrected chi connectivity index (χ2v) is 4.79. The van der Waals surface area contributed by atoms with Crippen LogP contribution in [0, 0.1) is 16.0 Å². The third kappa shape index (κ3) is 4.64. The molecule has 0 aliphatic rings. The smallest absolute Gasteiger partial charge is 0.345 e. The van der Waals surface area contributed by atoms with Gasteiger partial charge in [-0.25, -0.2) is 4.79 Å². The molecule has 20 heavy (non-hydrogen) atoms. The van der Waals surface area contributed by atoms with Crippen molar-refractivity contribution in [1.82, 2.24) is 0 Å². The predicted molar refractivity (Wildman–Crippen MR) is 76.7 cm³/mol. The van der Waals surface area contributed by atoms with Crippen molar-refractivity contribution in [3.63, 3.8) is 0 Å². The Balaban J connectivity index is 2.65. The molecular weight excluding hydrogens is 258 g/mol. The molecule has 0 aliphatic carbocycles. The van der Waals surface area contributed by atoms with Gasteiger partial charge in [0.25, 0.3) is 5.69 Å². The number of para-hydroxylation sites is 1. The number of carbonyl (C=O) groups is 1. The van der Waals surface area contributed by atoms with Crippen molar-refractivity contribution >= 4 is 11.7 Å². The average molecular weight is 279 g/mol. The minimum Gasteiger partial charge on any atom is -0.462 e. The van der Waals surface area contributed by atoms with Gasteiger partial charge in [0.1, 0.15) is 5.56 Å². The van der Waals surface area contributed by atoms with Crippen LogP contribution in [-0.4, -0.2) is 17.5 Å². The van der Waals surface area contributed by atoms with E-state index < -0.39 is 10.9 Å². The summed E-state index contributed by atoms with van der Waals surface area (Å²) in [5, 5.41) is 10.9. The zero-order valence-corrected chi connectivity index (χ0v) is 12.0. The molecule has 1 aromatic rings. The second kappa shape index (κ2) is 8.30. The van der Waals surface area contributed by atoms with E-state index in [1.54, 1.807) is 6.07 Å². The number of unbranched alkanes of at least 4 members (excludes halogenated alkanes) is 1. The molecule has 0 amide bonds. The highest BCUT2D eigenvalue weighted by molar-refractivity contribution is 5.93. The molecule has 0 fully saturated rings. The van der Waals surface area contributed by atoms with E-state index in [0.717, 1.165) is 25.7 Å².